The molecule has 4 heteroatoms. The third-order valence-corrected chi connectivity index (χ3v) is 4.51. The van der Waals surface area contributed by atoms with Gasteiger partial charge in [0, 0.05) is 23.3 Å². The topological polar surface area (TPSA) is 35.5 Å². The van der Waals surface area contributed by atoms with Crippen LogP contribution in [-0.2, 0) is 4.79 Å². The SMILES string of the molecule is COc1cc2c(cc1C)OC(C)(C)C(=O)C[C@H](Cl)[C@H]2C. The van der Waals surface area contributed by atoms with Crippen LogP contribution in [0.2, 0.25) is 0 Å². The molecule has 0 spiro atoms. The van der Waals surface area contributed by atoms with Crippen LogP contribution in [0.5, 0.6) is 11.5 Å². The molecule has 2 rings (SSSR count). The largest absolute Gasteiger partial charge is 0.496 e. The Hall–Kier alpha value is -1.22. The summed E-state index contributed by atoms with van der Waals surface area (Å²) < 4.78 is 11.3. The number of aryl methyl sites for hydroxylation is 1. The van der Waals surface area contributed by atoms with Crippen molar-refractivity contribution in [2.24, 2.45) is 0 Å². The standard InChI is InChI=1S/C16H21ClO3/c1-9-6-14-11(7-13(9)19-5)10(2)12(17)8-15(18)16(3,4)20-14/h6-7,10,12H,8H2,1-5H3/t10-,12-/m0/s1. The second kappa shape index (κ2) is 5.28. The van der Waals surface area contributed by atoms with E-state index in [4.69, 9.17) is 21.1 Å². The number of ketones is 1. The zero-order valence-corrected chi connectivity index (χ0v) is 13.4. The van der Waals surface area contributed by atoms with Gasteiger partial charge in [0.25, 0.3) is 0 Å². The number of ether oxygens (including phenoxy) is 2. The van der Waals surface area contributed by atoms with Crippen molar-refractivity contribution in [3.63, 3.8) is 0 Å². The summed E-state index contributed by atoms with van der Waals surface area (Å²) in [6, 6.07) is 3.89. The zero-order chi connectivity index (χ0) is 15.1. The first-order chi connectivity index (χ1) is 9.26. The lowest BCUT2D eigenvalue weighted by Crippen LogP contribution is -2.41. The first kappa shape index (κ1) is 15.2. The number of fused-ring (bicyclic) bond motifs is 1. The fraction of sp³-hybridized carbons (Fsp3) is 0.562. The number of Topliss-reactive ketones (excluding diaryl/α,β-unsaturated/α-hetero) is 1. The molecule has 1 aliphatic rings. The van der Waals surface area contributed by atoms with Gasteiger partial charge in [-0.2, -0.15) is 0 Å². The van der Waals surface area contributed by atoms with Crippen molar-refractivity contribution in [3.8, 4) is 11.5 Å². The van der Waals surface area contributed by atoms with Crippen molar-refractivity contribution in [1.82, 2.24) is 0 Å². The third-order valence-electron chi connectivity index (χ3n) is 3.98. The number of carbonyl (C=O) groups is 1. The van der Waals surface area contributed by atoms with Crippen LogP contribution in [0.15, 0.2) is 12.1 Å². The molecule has 110 valence electrons. The number of carbonyl (C=O) groups excluding carboxylic acids is 1. The Bertz CT molecular complexity index is 537. The number of methoxy groups -OCH3 is 1. The third kappa shape index (κ3) is 2.64. The molecule has 0 fully saturated rings. The van der Waals surface area contributed by atoms with E-state index in [-0.39, 0.29) is 17.1 Å². The van der Waals surface area contributed by atoms with Gasteiger partial charge in [0.15, 0.2) is 11.4 Å². The van der Waals surface area contributed by atoms with Crippen LogP contribution in [-0.4, -0.2) is 23.9 Å². The fourth-order valence-electron chi connectivity index (χ4n) is 2.47. The highest BCUT2D eigenvalue weighted by molar-refractivity contribution is 6.22. The molecule has 0 aliphatic carbocycles. The van der Waals surface area contributed by atoms with Crippen LogP contribution < -0.4 is 9.47 Å². The van der Waals surface area contributed by atoms with E-state index >= 15 is 0 Å². The summed E-state index contributed by atoms with van der Waals surface area (Å²) in [6.45, 7) is 7.55. The Balaban J connectivity index is 2.58. The smallest absolute Gasteiger partial charge is 0.177 e. The van der Waals surface area contributed by atoms with Gasteiger partial charge in [-0.25, -0.2) is 0 Å². The van der Waals surface area contributed by atoms with Crippen LogP contribution in [0.4, 0.5) is 0 Å². The summed E-state index contributed by atoms with van der Waals surface area (Å²) in [5.74, 6) is 1.59. The number of hydrogen-bond donors (Lipinski definition) is 0. The normalized spacial score (nSPS) is 25.2. The molecular weight excluding hydrogens is 276 g/mol. The van der Waals surface area contributed by atoms with Crippen molar-refractivity contribution in [2.75, 3.05) is 7.11 Å². The molecule has 0 aromatic heterocycles. The van der Waals surface area contributed by atoms with Crippen molar-refractivity contribution < 1.29 is 14.3 Å². The lowest BCUT2D eigenvalue weighted by molar-refractivity contribution is -0.132. The van der Waals surface area contributed by atoms with E-state index in [0.29, 0.717) is 6.42 Å². The molecule has 2 atom stereocenters. The highest BCUT2D eigenvalue weighted by atomic mass is 35.5. The number of hydrogen-bond acceptors (Lipinski definition) is 3. The lowest BCUT2D eigenvalue weighted by atomic mass is 9.87. The van der Waals surface area contributed by atoms with E-state index in [1.165, 1.54) is 0 Å². The summed E-state index contributed by atoms with van der Waals surface area (Å²) in [5.41, 5.74) is 1.12. The molecule has 0 radical (unpaired) electrons. The van der Waals surface area contributed by atoms with E-state index < -0.39 is 5.60 Å². The Kier molecular flexibility index (Phi) is 4.01. The first-order valence-electron chi connectivity index (χ1n) is 6.81. The summed E-state index contributed by atoms with van der Waals surface area (Å²) >= 11 is 6.41. The first-order valence-corrected chi connectivity index (χ1v) is 7.25. The Morgan fingerprint density at radius 1 is 1.40 bits per heavy atom. The molecule has 0 unspecified atom stereocenters. The van der Waals surface area contributed by atoms with Crippen molar-refractivity contribution in [2.45, 2.75) is 51.0 Å². The van der Waals surface area contributed by atoms with E-state index in [0.717, 1.165) is 22.6 Å². The minimum atomic E-state index is -0.858. The molecule has 0 amide bonds. The maximum atomic E-state index is 12.2. The highest BCUT2D eigenvalue weighted by Gasteiger charge is 2.37. The van der Waals surface area contributed by atoms with Gasteiger partial charge in [0.1, 0.15) is 11.5 Å². The number of rotatable bonds is 1. The molecule has 0 saturated heterocycles. The van der Waals surface area contributed by atoms with Crippen molar-refractivity contribution in [3.05, 3.63) is 23.3 Å². The summed E-state index contributed by atoms with van der Waals surface area (Å²) in [7, 11) is 1.65. The Morgan fingerprint density at radius 3 is 2.65 bits per heavy atom. The average molecular weight is 297 g/mol. The molecular formula is C16H21ClO3. The van der Waals surface area contributed by atoms with E-state index in [9.17, 15) is 4.79 Å². The molecule has 0 saturated carbocycles. The van der Waals surface area contributed by atoms with Gasteiger partial charge in [-0.1, -0.05) is 6.92 Å². The second-order valence-electron chi connectivity index (χ2n) is 5.90. The maximum Gasteiger partial charge on any atom is 0.177 e. The summed E-state index contributed by atoms with van der Waals surface area (Å²) in [4.78, 5) is 12.2. The number of alkyl halides is 1. The van der Waals surface area contributed by atoms with E-state index in [1.807, 2.05) is 26.0 Å². The number of halogens is 1. The second-order valence-corrected chi connectivity index (χ2v) is 6.46. The van der Waals surface area contributed by atoms with Gasteiger partial charge in [0.2, 0.25) is 0 Å². The van der Waals surface area contributed by atoms with Crippen molar-refractivity contribution >= 4 is 17.4 Å². The van der Waals surface area contributed by atoms with Gasteiger partial charge in [-0.05, 0) is 38.5 Å². The van der Waals surface area contributed by atoms with Gasteiger partial charge >= 0.3 is 0 Å². The Morgan fingerprint density at radius 2 is 2.05 bits per heavy atom. The molecule has 1 aliphatic heterocycles. The van der Waals surface area contributed by atoms with Crippen molar-refractivity contribution in [1.29, 1.82) is 0 Å². The van der Waals surface area contributed by atoms with Gasteiger partial charge in [0.05, 0.1) is 7.11 Å². The lowest BCUT2D eigenvalue weighted by Gasteiger charge is -2.33. The minimum Gasteiger partial charge on any atom is -0.496 e. The molecule has 20 heavy (non-hydrogen) atoms. The van der Waals surface area contributed by atoms with Gasteiger partial charge in [-0.3, -0.25) is 4.79 Å². The molecule has 1 aromatic carbocycles. The minimum absolute atomic E-state index is 0.0289. The molecule has 0 N–H and O–H groups in total. The highest BCUT2D eigenvalue weighted by Crippen LogP contribution is 2.41. The van der Waals surface area contributed by atoms with Crippen LogP contribution in [0, 0.1) is 6.92 Å². The fourth-order valence-corrected chi connectivity index (χ4v) is 2.74. The van der Waals surface area contributed by atoms with Crippen LogP contribution in [0.25, 0.3) is 0 Å². The summed E-state index contributed by atoms with van der Waals surface area (Å²) in [6.07, 6.45) is 0.311. The molecule has 0 bridgehead atoms. The van der Waals surface area contributed by atoms with Crippen LogP contribution in [0.3, 0.4) is 0 Å². The molecule has 1 heterocycles. The zero-order valence-electron chi connectivity index (χ0n) is 12.6. The monoisotopic (exact) mass is 296 g/mol. The van der Waals surface area contributed by atoms with Crippen LogP contribution >= 0.6 is 11.6 Å². The van der Waals surface area contributed by atoms with E-state index in [1.54, 1.807) is 21.0 Å². The quantitative estimate of drug-likeness (QED) is 0.739. The average Bonchev–Trinajstić information content (AvgIpc) is 2.36. The van der Waals surface area contributed by atoms with Gasteiger partial charge < -0.3 is 9.47 Å². The number of benzene rings is 1. The maximum absolute atomic E-state index is 12.2. The predicted molar refractivity (Wildman–Crippen MR) is 80.1 cm³/mol. The van der Waals surface area contributed by atoms with E-state index in [2.05, 4.69) is 0 Å². The van der Waals surface area contributed by atoms with Gasteiger partial charge in [-0.15, -0.1) is 11.6 Å². The van der Waals surface area contributed by atoms with Crippen LogP contribution in [0.1, 0.15) is 44.2 Å². The Labute approximate surface area is 125 Å². The molecule has 3 nitrogen and oxygen atoms in total. The summed E-state index contributed by atoms with van der Waals surface area (Å²) in [5, 5.41) is -0.239. The molecule has 1 aromatic rings. The predicted octanol–water partition coefficient (Wildman–Crippen LogP) is 3.84.